The number of hydrogen-bond donors (Lipinski definition) is 0. The van der Waals surface area contributed by atoms with Gasteiger partial charge in [0.25, 0.3) is 0 Å². The van der Waals surface area contributed by atoms with Gasteiger partial charge in [-0.1, -0.05) is 30.0 Å². The first-order chi connectivity index (χ1) is 11.4. The second-order valence-electron chi connectivity index (χ2n) is 4.78. The van der Waals surface area contributed by atoms with Gasteiger partial charge in [-0.2, -0.15) is 13.2 Å². The number of rotatable bonds is 3. The molecule has 0 radical (unpaired) electrons. The van der Waals surface area contributed by atoms with Crippen molar-refractivity contribution in [2.24, 2.45) is 0 Å². The molecule has 0 aliphatic carbocycles. The monoisotopic (exact) mass is 332 g/mol. The van der Waals surface area contributed by atoms with Crippen molar-refractivity contribution in [2.45, 2.75) is 6.18 Å². The minimum Gasteiger partial charge on any atom is -0.497 e. The second-order valence-corrected chi connectivity index (χ2v) is 4.78. The molecule has 124 valence electrons. The fourth-order valence-corrected chi connectivity index (χ4v) is 1.94. The molecule has 0 N–H and O–H groups in total. The minimum absolute atomic E-state index is 0.316. The number of halogens is 3. The lowest BCUT2D eigenvalue weighted by Crippen LogP contribution is -2.10. The highest BCUT2D eigenvalue weighted by molar-refractivity contribution is 5.65. The molecule has 0 aliphatic heterocycles. The summed E-state index contributed by atoms with van der Waals surface area (Å²) < 4.78 is 49.8. The summed E-state index contributed by atoms with van der Waals surface area (Å²) >= 11 is 0. The molecule has 2 nitrogen and oxygen atoms in total. The second kappa shape index (κ2) is 7.60. The first kappa shape index (κ1) is 17.5. The fraction of sp³-hybridized carbons (Fsp3) is 0.158. The normalized spacial score (nSPS) is 11.5. The van der Waals surface area contributed by atoms with Crippen molar-refractivity contribution in [1.29, 1.82) is 0 Å². The van der Waals surface area contributed by atoms with Gasteiger partial charge in [0, 0.05) is 11.1 Å². The van der Waals surface area contributed by atoms with Crippen LogP contribution in [-0.2, 0) is 0 Å². The van der Waals surface area contributed by atoms with E-state index in [-0.39, 0.29) is 0 Å². The Morgan fingerprint density at radius 3 is 2.21 bits per heavy atom. The Hall–Kier alpha value is -2.87. The first-order valence-corrected chi connectivity index (χ1v) is 7.02. The largest absolute Gasteiger partial charge is 0.497 e. The van der Waals surface area contributed by atoms with E-state index >= 15 is 0 Å². The lowest BCUT2D eigenvalue weighted by molar-refractivity contribution is -0.0863. The predicted octanol–water partition coefficient (Wildman–Crippen LogP) is 4.70. The molecule has 2 rings (SSSR count). The molecule has 0 bridgehead atoms. The van der Waals surface area contributed by atoms with Crippen LogP contribution >= 0.6 is 0 Å². The highest BCUT2D eigenvalue weighted by atomic mass is 19.4. The number of methoxy groups -OCH3 is 2. The van der Waals surface area contributed by atoms with Gasteiger partial charge < -0.3 is 9.47 Å². The van der Waals surface area contributed by atoms with Crippen LogP contribution in [-0.4, -0.2) is 20.4 Å². The molecule has 2 aromatic carbocycles. The van der Waals surface area contributed by atoms with Crippen molar-refractivity contribution in [3.05, 3.63) is 65.2 Å². The predicted molar refractivity (Wildman–Crippen MR) is 86.9 cm³/mol. The van der Waals surface area contributed by atoms with E-state index in [2.05, 4.69) is 11.8 Å². The molecule has 0 aromatic heterocycles. The number of para-hydroxylation sites is 1. The highest BCUT2D eigenvalue weighted by Gasteiger charge is 2.32. The molecule has 2 aromatic rings. The molecule has 0 atom stereocenters. The average Bonchev–Trinajstić information content (AvgIpc) is 2.58. The molecule has 0 amide bonds. The van der Waals surface area contributed by atoms with Crippen LogP contribution in [0.25, 0.3) is 6.08 Å². The van der Waals surface area contributed by atoms with E-state index in [9.17, 15) is 13.2 Å². The third-order valence-corrected chi connectivity index (χ3v) is 3.18. The van der Waals surface area contributed by atoms with E-state index in [1.807, 2.05) is 0 Å². The number of alkyl halides is 3. The maximum Gasteiger partial charge on any atom is 0.424 e. The van der Waals surface area contributed by atoms with Crippen molar-refractivity contribution in [3.8, 4) is 23.3 Å². The third-order valence-electron chi connectivity index (χ3n) is 3.18. The molecule has 0 saturated heterocycles. The van der Waals surface area contributed by atoms with Crippen molar-refractivity contribution in [1.82, 2.24) is 0 Å². The van der Waals surface area contributed by atoms with Crippen LogP contribution in [0.1, 0.15) is 11.1 Å². The van der Waals surface area contributed by atoms with E-state index in [1.54, 1.807) is 48.5 Å². The molecule has 0 saturated carbocycles. The zero-order valence-corrected chi connectivity index (χ0v) is 13.1. The zero-order chi connectivity index (χ0) is 17.6. The van der Waals surface area contributed by atoms with E-state index in [1.165, 1.54) is 14.2 Å². The lowest BCUT2D eigenvalue weighted by atomic mass is 10.1. The fourth-order valence-electron chi connectivity index (χ4n) is 1.94. The van der Waals surface area contributed by atoms with Crippen molar-refractivity contribution in [2.75, 3.05) is 14.2 Å². The third kappa shape index (κ3) is 4.56. The van der Waals surface area contributed by atoms with Crippen LogP contribution in [0.3, 0.4) is 0 Å². The Kier molecular flexibility index (Phi) is 5.54. The zero-order valence-electron chi connectivity index (χ0n) is 13.1. The van der Waals surface area contributed by atoms with Crippen LogP contribution in [0.2, 0.25) is 0 Å². The Bertz CT molecular complexity index is 779. The Morgan fingerprint density at radius 1 is 0.958 bits per heavy atom. The van der Waals surface area contributed by atoms with E-state index in [0.717, 1.165) is 6.08 Å². The van der Waals surface area contributed by atoms with Gasteiger partial charge in [0.1, 0.15) is 17.1 Å². The van der Waals surface area contributed by atoms with Gasteiger partial charge in [0.05, 0.1) is 14.2 Å². The molecular weight excluding hydrogens is 317 g/mol. The number of allylic oxidation sites excluding steroid dienone is 1. The Balaban J connectivity index is 2.40. The summed E-state index contributed by atoms with van der Waals surface area (Å²) in [7, 11) is 2.92. The van der Waals surface area contributed by atoms with E-state index in [0.29, 0.717) is 22.6 Å². The maximum absolute atomic E-state index is 13.2. The van der Waals surface area contributed by atoms with Crippen LogP contribution in [0.15, 0.2) is 54.1 Å². The first-order valence-electron chi connectivity index (χ1n) is 7.02. The molecule has 0 heterocycles. The molecule has 24 heavy (non-hydrogen) atoms. The van der Waals surface area contributed by atoms with Gasteiger partial charge in [-0.05, 0) is 36.4 Å². The Labute approximate surface area is 138 Å². The van der Waals surface area contributed by atoms with Gasteiger partial charge in [0.2, 0.25) is 0 Å². The van der Waals surface area contributed by atoms with Crippen molar-refractivity contribution >= 4 is 6.08 Å². The number of benzene rings is 2. The molecular formula is C19H15F3O2. The molecule has 0 fully saturated rings. The molecule has 0 aliphatic rings. The Morgan fingerprint density at radius 2 is 1.62 bits per heavy atom. The van der Waals surface area contributed by atoms with Gasteiger partial charge in [-0.15, -0.1) is 0 Å². The van der Waals surface area contributed by atoms with Gasteiger partial charge in [-0.25, -0.2) is 0 Å². The van der Waals surface area contributed by atoms with Crippen molar-refractivity contribution < 1.29 is 22.6 Å². The van der Waals surface area contributed by atoms with Crippen LogP contribution in [0.4, 0.5) is 13.2 Å². The van der Waals surface area contributed by atoms with Gasteiger partial charge in [-0.3, -0.25) is 0 Å². The van der Waals surface area contributed by atoms with Crippen LogP contribution in [0, 0.1) is 11.8 Å². The average molecular weight is 332 g/mol. The standard InChI is InChI=1S/C19H15F3O2/c1-23-17-11-8-14(9-12-17)7-10-16(19(20,21)22)13-15-5-3-4-6-18(15)24-2/h3-6,8-9,11-13H,1-2H3. The van der Waals surface area contributed by atoms with Crippen LogP contribution in [0.5, 0.6) is 11.5 Å². The smallest absolute Gasteiger partial charge is 0.424 e. The highest BCUT2D eigenvalue weighted by Crippen LogP contribution is 2.29. The lowest BCUT2D eigenvalue weighted by Gasteiger charge is -2.08. The topological polar surface area (TPSA) is 18.5 Å². The summed E-state index contributed by atoms with van der Waals surface area (Å²) in [6.07, 6.45) is -3.57. The van der Waals surface area contributed by atoms with Crippen LogP contribution < -0.4 is 9.47 Å². The molecule has 5 heteroatoms. The number of hydrogen-bond acceptors (Lipinski definition) is 2. The summed E-state index contributed by atoms with van der Waals surface area (Å²) in [4.78, 5) is 0. The SMILES string of the molecule is COc1ccc(C#CC(=Cc2ccccc2OC)C(F)(F)F)cc1. The summed E-state index contributed by atoms with van der Waals surface area (Å²) in [6, 6.07) is 12.9. The summed E-state index contributed by atoms with van der Waals surface area (Å²) in [5, 5.41) is 0. The van der Waals surface area contributed by atoms with Gasteiger partial charge >= 0.3 is 6.18 Å². The molecule has 0 unspecified atom stereocenters. The number of ether oxygens (including phenoxy) is 2. The maximum atomic E-state index is 13.2. The summed E-state index contributed by atoms with van der Waals surface area (Å²) in [5.41, 5.74) is -0.162. The molecule has 0 spiro atoms. The van der Waals surface area contributed by atoms with Gasteiger partial charge in [0.15, 0.2) is 0 Å². The summed E-state index contributed by atoms with van der Waals surface area (Å²) in [6.45, 7) is 0. The van der Waals surface area contributed by atoms with E-state index < -0.39 is 11.7 Å². The quantitative estimate of drug-likeness (QED) is 0.759. The van der Waals surface area contributed by atoms with Crippen molar-refractivity contribution in [3.63, 3.8) is 0 Å². The minimum atomic E-state index is -4.56. The van der Waals surface area contributed by atoms with E-state index in [4.69, 9.17) is 9.47 Å². The summed E-state index contributed by atoms with van der Waals surface area (Å²) in [5.74, 6) is 5.69.